The van der Waals surface area contributed by atoms with Crippen LogP contribution in [0.2, 0.25) is 0 Å². The number of alkyl halides is 2. The van der Waals surface area contributed by atoms with Crippen LogP contribution in [0.25, 0.3) is 0 Å². The number of esters is 1. The summed E-state index contributed by atoms with van der Waals surface area (Å²) in [6.07, 6.45) is 0.288. The first-order valence-corrected chi connectivity index (χ1v) is 6.18. The minimum atomic E-state index is -2.98. The van der Waals surface area contributed by atoms with Crippen LogP contribution in [-0.2, 0) is 22.4 Å². The third-order valence-corrected chi connectivity index (χ3v) is 2.61. The Labute approximate surface area is 115 Å². The minimum Gasteiger partial charge on any atom is -0.466 e. The van der Waals surface area contributed by atoms with Gasteiger partial charge in [-0.05, 0) is 31.0 Å². The van der Waals surface area contributed by atoms with Gasteiger partial charge in [-0.2, -0.15) is 14.0 Å². The third-order valence-electron chi connectivity index (χ3n) is 2.61. The zero-order valence-corrected chi connectivity index (χ0v) is 11.3. The highest BCUT2D eigenvalue weighted by molar-refractivity contribution is 5.73. The fourth-order valence-electron chi connectivity index (χ4n) is 1.85. The molecule has 0 aliphatic heterocycles. The maximum Gasteiger partial charge on any atom is 0.387 e. The maximum atomic E-state index is 12.4. The van der Waals surface area contributed by atoms with E-state index in [-0.39, 0.29) is 24.3 Å². The molecule has 0 aromatic heterocycles. The van der Waals surface area contributed by atoms with Crippen LogP contribution < -0.4 is 4.74 Å². The second kappa shape index (κ2) is 7.43. The first-order chi connectivity index (χ1) is 9.51. The number of ether oxygens (including phenoxy) is 2. The fourth-order valence-corrected chi connectivity index (χ4v) is 1.85. The Hall–Kier alpha value is -2.16. The number of nitrogens with zero attached hydrogens (tertiary/aromatic N) is 1. The number of hydrogen-bond acceptors (Lipinski definition) is 4. The smallest absolute Gasteiger partial charge is 0.387 e. The van der Waals surface area contributed by atoms with Crippen molar-refractivity contribution < 1.29 is 23.0 Å². The van der Waals surface area contributed by atoms with E-state index in [9.17, 15) is 13.6 Å². The Morgan fingerprint density at radius 2 is 2.10 bits per heavy atom. The molecule has 0 bridgehead atoms. The van der Waals surface area contributed by atoms with E-state index in [1.807, 2.05) is 6.07 Å². The average molecular weight is 283 g/mol. The van der Waals surface area contributed by atoms with Crippen molar-refractivity contribution in [3.05, 3.63) is 28.8 Å². The molecule has 1 aromatic carbocycles. The maximum absolute atomic E-state index is 12.4. The van der Waals surface area contributed by atoms with Gasteiger partial charge in [-0.15, -0.1) is 0 Å². The molecule has 1 aromatic rings. The largest absolute Gasteiger partial charge is 0.466 e. The van der Waals surface area contributed by atoms with Gasteiger partial charge in [0, 0.05) is 5.56 Å². The monoisotopic (exact) mass is 283 g/mol. The van der Waals surface area contributed by atoms with Gasteiger partial charge in [-0.1, -0.05) is 6.92 Å². The topological polar surface area (TPSA) is 59.3 Å². The number of carbonyl (C=O) groups excluding carboxylic acids is 1. The van der Waals surface area contributed by atoms with E-state index in [4.69, 9.17) is 10.00 Å². The van der Waals surface area contributed by atoms with Crippen LogP contribution in [0.3, 0.4) is 0 Å². The standard InChI is InChI=1S/C14H15F2NO3/c1-3-11-10(8-17)5-9(7-13(18)19-4-2)6-12(11)20-14(15)16/h5-6,14H,3-4,7H2,1-2H3. The summed E-state index contributed by atoms with van der Waals surface area (Å²) in [6.45, 7) is 0.658. The van der Waals surface area contributed by atoms with Crippen LogP contribution in [0, 0.1) is 11.3 Å². The molecule has 0 saturated heterocycles. The zero-order valence-electron chi connectivity index (χ0n) is 11.3. The van der Waals surface area contributed by atoms with E-state index >= 15 is 0 Å². The normalized spacial score (nSPS) is 10.2. The Bertz CT molecular complexity index is 524. The van der Waals surface area contributed by atoms with Crippen LogP contribution >= 0.6 is 0 Å². The van der Waals surface area contributed by atoms with Crippen LogP contribution in [0.5, 0.6) is 5.75 Å². The first kappa shape index (κ1) is 15.9. The second-order valence-electron chi connectivity index (χ2n) is 3.95. The summed E-state index contributed by atoms with van der Waals surface area (Å²) in [5.74, 6) is -0.551. The Morgan fingerprint density at radius 1 is 1.40 bits per heavy atom. The molecule has 4 nitrogen and oxygen atoms in total. The van der Waals surface area contributed by atoms with Crippen LogP contribution in [-0.4, -0.2) is 19.2 Å². The summed E-state index contributed by atoms with van der Waals surface area (Å²) in [7, 11) is 0. The SMILES string of the molecule is CCOC(=O)Cc1cc(C#N)c(CC)c(OC(F)F)c1. The van der Waals surface area contributed by atoms with Crippen molar-refractivity contribution in [2.24, 2.45) is 0 Å². The van der Waals surface area contributed by atoms with E-state index < -0.39 is 12.6 Å². The van der Waals surface area contributed by atoms with Gasteiger partial charge in [-0.3, -0.25) is 4.79 Å². The summed E-state index contributed by atoms with van der Waals surface area (Å²) >= 11 is 0. The van der Waals surface area contributed by atoms with E-state index in [0.29, 0.717) is 17.5 Å². The lowest BCUT2D eigenvalue weighted by molar-refractivity contribution is -0.142. The number of hydrogen-bond donors (Lipinski definition) is 0. The molecule has 108 valence electrons. The Morgan fingerprint density at radius 3 is 2.60 bits per heavy atom. The highest BCUT2D eigenvalue weighted by Crippen LogP contribution is 2.27. The molecule has 0 saturated carbocycles. The lowest BCUT2D eigenvalue weighted by Crippen LogP contribution is -2.10. The van der Waals surface area contributed by atoms with Crippen molar-refractivity contribution in [1.82, 2.24) is 0 Å². The molecular weight excluding hydrogens is 268 g/mol. The molecule has 0 heterocycles. The van der Waals surface area contributed by atoms with Crippen molar-refractivity contribution in [3.8, 4) is 11.8 Å². The Kier molecular flexibility index (Phi) is 5.91. The molecule has 0 atom stereocenters. The quantitative estimate of drug-likeness (QED) is 0.753. The molecule has 0 fully saturated rings. The fraction of sp³-hybridized carbons (Fsp3) is 0.429. The summed E-state index contributed by atoms with van der Waals surface area (Å²) in [6, 6.07) is 4.77. The molecule has 0 unspecified atom stereocenters. The molecule has 1 rings (SSSR count). The number of nitriles is 1. The molecule has 0 amide bonds. The van der Waals surface area contributed by atoms with Crippen LogP contribution in [0.1, 0.15) is 30.5 Å². The molecule has 0 aliphatic carbocycles. The number of carbonyl (C=O) groups is 1. The van der Waals surface area contributed by atoms with E-state index in [1.165, 1.54) is 12.1 Å². The molecule has 20 heavy (non-hydrogen) atoms. The van der Waals surface area contributed by atoms with Gasteiger partial charge in [0.15, 0.2) is 0 Å². The summed E-state index contributed by atoms with van der Waals surface area (Å²) < 4.78 is 34.0. The van der Waals surface area contributed by atoms with Gasteiger partial charge in [0.2, 0.25) is 0 Å². The highest BCUT2D eigenvalue weighted by Gasteiger charge is 2.16. The number of benzene rings is 1. The predicted molar refractivity (Wildman–Crippen MR) is 67.5 cm³/mol. The third kappa shape index (κ3) is 4.19. The molecular formula is C14H15F2NO3. The van der Waals surface area contributed by atoms with Crippen molar-refractivity contribution in [1.29, 1.82) is 5.26 Å². The lowest BCUT2D eigenvalue weighted by atomic mass is 10.00. The van der Waals surface area contributed by atoms with Crippen LogP contribution in [0.4, 0.5) is 8.78 Å². The summed E-state index contributed by atoms with van der Waals surface area (Å²) in [4.78, 5) is 11.4. The molecule has 6 heteroatoms. The van der Waals surface area contributed by atoms with E-state index in [1.54, 1.807) is 13.8 Å². The van der Waals surface area contributed by atoms with E-state index in [2.05, 4.69) is 4.74 Å². The van der Waals surface area contributed by atoms with Gasteiger partial charge in [0.05, 0.1) is 24.7 Å². The zero-order chi connectivity index (χ0) is 15.1. The second-order valence-corrected chi connectivity index (χ2v) is 3.95. The van der Waals surface area contributed by atoms with Gasteiger partial charge in [0.1, 0.15) is 5.75 Å². The lowest BCUT2D eigenvalue weighted by Gasteiger charge is -2.13. The first-order valence-electron chi connectivity index (χ1n) is 6.18. The molecule has 0 spiro atoms. The number of halogens is 2. The van der Waals surface area contributed by atoms with Crippen LogP contribution in [0.15, 0.2) is 12.1 Å². The summed E-state index contributed by atoms with van der Waals surface area (Å²) in [5, 5.41) is 9.06. The molecule has 0 radical (unpaired) electrons. The molecule has 0 N–H and O–H groups in total. The van der Waals surface area contributed by atoms with Crippen molar-refractivity contribution in [2.75, 3.05) is 6.61 Å². The summed E-state index contributed by atoms with van der Waals surface area (Å²) in [5.41, 5.74) is 1.04. The van der Waals surface area contributed by atoms with Crippen molar-refractivity contribution >= 4 is 5.97 Å². The molecule has 0 aliphatic rings. The van der Waals surface area contributed by atoms with Crippen molar-refractivity contribution in [3.63, 3.8) is 0 Å². The minimum absolute atomic E-state index is 0.0687. The van der Waals surface area contributed by atoms with E-state index in [0.717, 1.165) is 0 Å². The predicted octanol–water partition coefficient (Wildman–Crippen LogP) is 2.83. The van der Waals surface area contributed by atoms with Gasteiger partial charge >= 0.3 is 12.6 Å². The Balaban J connectivity index is 3.14. The highest BCUT2D eigenvalue weighted by atomic mass is 19.3. The van der Waals surface area contributed by atoms with Gasteiger partial charge in [0.25, 0.3) is 0 Å². The van der Waals surface area contributed by atoms with Crippen molar-refractivity contribution in [2.45, 2.75) is 33.3 Å². The van der Waals surface area contributed by atoms with Gasteiger partial charge < -0.3 is 9.47 Å². The number of rotatable bonds is 6. The average Bonchev–Trinajstić information content (AvgIpc) is 2.37. The van der Waals surface area contributed by atoms with Gasteiger partial charge in [-0.25, -0.2) is 0 Å².